The van der Waals surface area contributed by atoms with Crippen molar-refractivity contribution in [3.8, 4) is 0 Å². The third-order valence-corrected chi connectivity index (χ3v) is 5.63. The molecule has 0 unspecified atom stereocenters. The molecule has 0 bridgehead atoms. The van der Waals surface area contributed by atoms with Crippen LogP contribution in [0, 0.1) is 12.7 Å². The standard InChI is InChI=1S/C23H18ClFN2O3/c1-14-18(24)9-5-10-19(14)26-21(28)13-27-20-11-3-2-8-17(20)23(30,22(27)29)15-6-4-7-16(25)12-15/h2-12,30H,13H2,1H3,(H,26,28)/t23-/m0/s1. The lowest BCUT2D eigenvalue weighted by atomic mass is 9.87. The van der Waals surface area contributed by atoms with Crippen LogP contribution in [0.15, 0.2) is 66.7 Å². The Morgan fingerprint density at radius 3 is 2.63 bits per heavy atom. The molecule has 3 aromatic carbocycles. The van der Waals surface area contributed by atoms with E-state index in [1.807, 2.05) is 0 Å². The van der Waals surface area contributed by atoms with Gasteiger partial charge in [-0.25, -0.2) is 4.39 Å². The lowest BCUT2D eigenvalue weighted by Gasteiger charge is -2.23. The van der Waals surface area contributed by atoms with Gasteiger partial charge in [0.25, 0.3) is 5.91 Å². The molecule has 4 rings (SSSR count). The Kier molecular flexibility index (Phi) is 5.05. The van der Waals surface area contributed by atoms with E-state index in [9.17, 15) is 19.1 Å². The molecule has 1 atom stereocenters. The minimum atomic E-state index is -2.08. The quantitative estimate of drug-likeness (QED) is 0.665. The number of aliphatic hydroxyl groups is 1. The van der Waals surface area contributed by atoms with Crippen LogP contribution in [0.2, 0.25) is 5.02 Å². The number of carbonyl (C=O) groups is 2. The summed E-state index contributed by atoms with van der Waals surface area (Å²) in [4.78, 5) is 27.2. The van der Waals surface area contributed by atoms with Crippen LogP contribution in [-0.2, 0) is 15.2 Å². The predicted molar refractivity (Wildman–Crippen MR) is 113 cm³/mol. The van der Waals surface area contributed by atoms with Crippen LogP contribution in [0.1, 0.15) is 16.7 Å². The van der Waals surface area contributed by atoms with Gasteiger partial charge in [-0.3, -0.25) is 14.5 Å². The number of hydrogen-bond acceptors (Lipinski definition) is 3. The minimum absolute atomic E-state index is 0.105. The Morgan fingerprint density at radius 2 is 1.87 bits per heavy atom. The maximum absolute atomic E-state index is 13.8. The van der Waals surface area contributed by atoms with E-state index in [0.717, 1.165) is 6.07 Å². The molecule has 1 aliphatic rings. The smallest absolute Gasteiger partial charge is 0.268 e. The van der Waals surface area contributed by atoms with Gasteiger partial charge in [0.2, 0.25) is 5.91 Å². The van der Waals surface area contributed by atoms with Gasteiger partial charge in [0.05, 0.1) is 5.69 Å². The summed E-state index contributed by atoms with van der Waals surface area (Å²) >= 11 is 6.10. The van der Waals surface area contributed by atoms with Crippen molar-refractivity contribution in [1.82, 2.24) is 0 Å². The first kappa shape index (κ1) is 20.1. The molecule has 0 aromatic heterocycles. The van der Waals surface area contributed by atoms with E-state index in [0.29, 0.717) is 27.5 Å². The van der Waals surface area contributed by atoms with Crippen molar-refractivity contribution in [2.75, 3.05) is 16.8 Å². The predicted octanol–water partition coefficient (Wildman–Crippen LogP) is 4.01. The number of amides is 2. The van der Waals surface area contributed by atoms with Gasteiger partial charge in [0.1, 0.15) is 12.4 Å². The number of carbonyl (C=O) groups excluding carboxylic acids is 2. The Bertz CT molecular complexity index is 1170. The van der Waals surface area contributed by atoms with Crippen molar-refractivity contribution < 1.29 is 19.1 Å². The third kappa shape index (κ3) is 3.24. The second-order valence-electron chi connectivity index (χ2n) is 7.09. The van der Waals surface area contributed by atoms with Gasteiger partial charge in [-0.1, -0.05) is 48.0 Å². The lowest BCUT2D eigenvalue weighted by Crippen LogP contribution is -2.44. The minimum Gasteiger partial charge on any atom is -0.372 e. The molecule has 7 heteroatoms. The van der Waals surface area contributed by atoms with E-state index >= 15 is 0 Å². The van der Waals surface area contributed by atoms with Gasteiger partial charge < -0.3 is 10.4 Å². The highest BCUT2D eigenvalue weighted by Crippen LogP contribution is 2.44. The van der Waals surface area contributed by atoms with Crippen LogP contribution in [0.5, 0.6) is 0 Å². The Balaban J connectivity index is 1.67. The van der Waals surface area contributed by atoms with Gasteiger partial charge in [-0.15, -0.1) is 0 Å². The van der Waals surface area contributed by atoms with Crippen LogP contribution < -0.4 is 10.2 Å². The zero-order valence-corrected chi connectivity index (χ0v) is 16.8. The van der Waals surface area contributed by atoms with Crippen LogP contribution in [0.3, 0.4) is 0 Å². The van der Waals surface area contributed by atoms with Crippen LogP contribution in [0.4, 0.5) is 15.8 Å². The van der Waals surface area contributed by atoms with Crippen molar-refractivity contribution in [2.24, 2.45) is 0 Å². The number of anilines is 2. The average Bonchev–Trinajstić information content (AvgIpc) is 2.94. The molecule has 0 fully saturated rings. The number of nitrogens with one attached hydrogen (secondary N) is 1. The molecule has 0 spiro atoms. The van der Waals surface area contributed by atoms with Crippen molar-refractivity contribution in [1.29, 1.82) is 0 Å². The van der Waals surface area contributed by atoms with Gasteiger partial charge in [-0.2, -0.15) is 0 Å². The number of halogens is 2. The fraction of sp³-hybridized carbons (Fsp3) is 0.130. The van der Waals surface area contributed by atoms with Crippen molar-refractivity contribution in [3.63, 3.8) is 0 Å². The first-order valence-corrected chi connectivity index (χ1v) is 9.65. The summed E-state index contributed by atoms with van der Waals surface area (Å²) in [5.41, 5.74) is -0.0387. The topological polar surface area (TPSA) is 69.6 Å². The summed E-state index contributed by atoms with van der Waals surface area (Å²) in [7, 11) is 0. The summed E-state index contributed by atoms with van der Waals surface area (Å²) in [6, 6.07) is 17.0. The third-order valence-electron chi connectivity index (χ3n) is 5.23. The van der Waals surface area contributed by atoms with Crippen molar-refractivity contribution in [3.05, 3.63) is 94.3 Å². The van der Waals surface area contributed by atoms with E-state index in [2.05, 4.69) is 5.32 Å². The van der Waals surface area contributed by atoms with Crippen LogP contribution in [-0.4, -0.2) is 23.5 Å². The molecule has 30 heavy (non-hydrogen) atoms. The van der Waals surface area contributed by atoms with E-state index in [1.165, 1.54) is 23.1 Å². The molecule has 152 valence electrons. The SMILES string of the molecule is Cc1c(Cl)cccc1NC(=O)CN1C(=O)[C@](O)(c2cccc(F)c2)c2ccccc21. The zero-order valence-electron chi connectivity index (χ0n) is 16.0. The summed E-state index contributed by atoms with van der Waals surface area (Å²) in [5.74, 6) is -1.74. The first-order chi connectivity index (χ1) is 14.3. The molecule has 3 aromatic rings. The maximum atomic E-state index is 13.8. The highest BCUT2D eigenvalue weighted by molar-refractivity contribution is 6.31. The molecule has 5 nitrogen and oxygen atoms in total. The Hall–Kier alpha value is -3.22. The van der Waals surface area contributed by atoms with E-state index in [4.69, 9.17) is 11.6 Å². The largest absolute Gasteiger partial charge is 0.372 e. The lowest BCUT2D eigenvalue weighted by molar-refractivity contribution is -0.133. The van der Waals surface area contributed by atoms with E-state index in [1.54, 1.807) is 49.4 Å². The number of para-hydroxylation sites is 1. The van der Waals surface area contributed by atoms with Gasteiger partial charge in [0.15, 0.2) is 5.60 Å². The highest BCUT2D eigenvalue weighted by Gasteiger charge is 2.51. The summed E-state index contributed by atoms with van der Waals surface area (Å²) in [5, 5.41) is 14.6. The van der Waals surface area contributed by atoms with Crippen molar-refractivity contribution in [2.45, 2.75) is 12.5 Å². The first-order valence-electron chi connectivity index (χ1n) is 9.27. The van der Waals surface area contributed by atoms with E-state index in [-0.39, 0.29) is 12.1 Å². The molecule has 0 saturated carbocycles. The molecule has 0 aliphatic carbocycles. The number of nitrogens with zero attached hydrogens (tertiary/aromatic N) is 1. The molecular weight excluding hydrogens is 407 g/mol. The number of rotatable bonds is 4. The highest BCUT2D eigenvalue weighted by atomic mass is 35.5. The summed E-state index contributed by atoms with van der Waals surface area (Å²) in [6.07, 6.45) is 0. The molecule has 0 saturated heterocycles. The fourth-order valence-corrected chi connectivity index (χ4v) is 3.84. The second kappa shape index (κ2) is 7.55. The Labute approximate surface area is 177 Å². The van der Waals surface area contributed by atoms with Crippen molar-refractivity contribution >= 4 is 34.8 Å². The molecule has 2 N–H and O–H groups in total. The molecule has 2 amide bonds. The zero-order chi connectivity index (χ0) is 21.5. The maximum Gasteiger partial charge on any atom is 0.268 e. The fourth-order valence-electron chi connectivity index (χ4n) is 3.66. The van der Waals surface area contributed by atoms with E-state index < -0.39 is 23.2 Å². The number of fused-ring (bicyclic) bond motifs is 1. The second-order valence-corrected chi connectivity index (χ2v) is 7.50. The molecule has 1 heterocycles. The summed E-state index contributed by atoms with van der Waals surface area (Å²) in [6.45, 7) is 1.45. The number of benzene rings is 3. The normalized spacial score (nSPS) is 17.7. The molecule has 1 aliphatic heterocycles. The average molecular weight is 425 g/mol. The monoisotopic (exact) mass is 424 g/mol. The summed E-state index contributed by atoms with van der Waals surface area (Å²) < 4.78 is 13.8. The molecule has 0 radical (unpaired) electrons. The van der Waals surface area contributed by atoms with Crippen LogP contribution >= 0.6 is 11.6 Å². The van der Waals surface area contributed by atoms with Gasteiger partial charge in [0, 0.05) is 21.8 Å². The number of hydrogen-bond donors (Lipinski definition) is 2. The Morgan fingerprint density at radius 1 is 1.13 bits per heavy atom. The van der Waals surface area contributed by atoms with Crippen LogP contribution in [0.25, 0.3) is 0 Å². The molecular formula is C23H18ClFN2O3. The van der Waals surface area contributed by atoms with Gasteiger partial charge >= 0.3 is 0 Å². The van der Waals surface area contributed by atoms with Gasteiger partial charge in [-0.05, 0) is 42.8 Å².